The fourth-order valence-corrected chi connectivity index (χ4v) is 12.0. The zero-order chi connectivity index (χ0) is 52.0. The summed E-state index contributed by atoms with van der Waals surface area (Å²) in [5.41, 5.74) is 10.8. The van der Waals surface area contributed by atoms with Crippen LogP contribution in [0.15, 0.2) is 90.7 Å². The molecule has 412 valence electrons. The Morgan fingerprint density at radius 2 is 1.01 bits per heavy atom. The van der Waals surface area contributed by atoms with Crippen molar-refractivity contribution >= 4 is 34.6 Å². The first-order valence-corrected chi connectivity index (χ1v) is 31.1. The number of hydrogen-bond donors (Lipinski definition) is 1. The highest BCUT2D eigenvalue weighted by atomic mass is 35.5. The van der Waals surface area contributed by atoms with Crippen molar-refractivity contribution in [2.75, 3.05) is 18.0 Å². The largest absolute Gasteiger partial charge is 1.00 e. The highest BCUT2D eigenvalue weighted by Gasteiger charge is 2.44. The minimum atomic E-state index is -0.196. The van der Waals surface area contributed by atoms with Crippen molar-refractivity contribution < 1.29 is 21.8 Å². The number of carbonyl (C=O) groups is 1. The van der Waals surface area contributed by atoms with Crippen molar-refractivity contribution in [1.82, 2.24) is 5.32 Å². The van der Waals surface area contributed by atoms with E-state index in [1.807, 2.05) is 24.3 Å². The maximum absolute atomic E-state index is 13.2. The van der Waals surface area contributed by atoms with E-state index in [4.69, 9.17) is 11.6 Å². The van der Waals surface area contributed by atoms with Crippen LogP contribution in [-0.2, 0) is 23.3 Å². The van der Waals surface area contributed by atoms with Gasteiger partial charge in [-0.1, -0.05) is 262 Å². The molecule has 0 saturated heterocycles. The molecule has 0 spiro atoms. The van der Waals surface area contributed by atoms with Crippen LogP contribution in [0.2, 0.25) is 0 Å². The van der Waals surface area contributed by atoms with Gasteiger partial charge in [-0.25, -0.2) is 0 Å². The van der Waals surface area contributed by atoms with Crippen LogP contribution in [-0.4, -0.2) is 29.3 Å². The van der Waals surface area contributed by atoms with Gasteiger partial charge in [0.2, 0.25) is 5.69 Å². The lowest BCUT2D eigenvalue weighted by atomic mass is 9.81. The average molecular weight is 1050 g/mol. The van der Waals surface area contributed by atoms with Gasteiger partial charge in [-0.2, -0.15) is 4.58 Å². The van der Waals surface area contributed by atoms with Crippen LogP contribution in [0, 0.1) is 0 Å². The number of nitrogens with one attached hydrogen (secondary N) is 1. The molecule has 0 saturated carbocycles. The maximum Gasteiger partial charge on any atom is 0.251 e. The lowest BCUT2D eigenvalue weighted by molar-refractivity contribution is -0.438. The molecule has 2 aliphatic heterocycles. The van der Waals surface area contributed by atoms with Crippen molar-refractivity contribution in [2.24, 2.45) is 0 Å². The second-order valence-electron chi connectivity index (χ2n) is 23.3. The van der Waals surface area contributed by atoms with Crippen LogP contribution in [0.5, 0.6) is 0 Å². The third-order valence-corrected chi connectivity index (χ3v) is 16.9. The number of carbonyl (C=O) groups excluding carboxylic acids is 1. The van der Waals surface area contributed by atoms with Crippen molar-refractivity contribution in [3.05, 3.63) is 118 Å². The molecule has 6 heteroatoms. The van der Waals surface area contributed by atoms with Crippen LogP contribution in [0.25, 0.3) is 0 Å². The maximum atomic E-state index is 13.2. The van der Waals surface area contributed by atoms with E-state index in [1.165, 1.54) is 239 Å². The van der Waals surface area contributed by atoms with E-state index >= 15 is 0 Å². The van der Waals surface area contributed by atoms with Gasteiger partial charge in [0.25, 0.3) is 5.91 Å². The zero-order valence-corrected chi connectivity index (χ0v) is 49.6. The summed E-state index contributed by atoms with van der Waals surface area (Å²) in [6.45, 7) is 16.8. The molecule has 5 rings (SSSR count). The summed E-state index contributed by atoms with van der Waals surface area (Å²) in [7, 11) is 0. The van der Waals surface area contributed by atoms with E-state index in [1.54, 1.807) is 0 Å². The van der Waals surface area contributed by atoms with E-state index in [-0.39, 0.29) is 29.1 Å². The van der Waals surface area contributed by atoms with Gasteiger partial charge >= 0.3 is 0 Å². The summed E-state index contributed by atoms with van der Waals surface area (Å²) in [6, 6.07) is 23.6. The number of unbranched alkanes of at least 4 members (excludes halogenated alkanes) is 30. The quantitative estimate of drug-likeness (QED) is 0.0350. The molecule has 0 fully saturated rings. The predicted octanol–water partition coefficient (Wildman–Crippen LogP) is 17.5. The first-order valence-electron chi connectivity index (χ1n) is 30.6. The first-order chi connectivity index (χ1) is 35.6. The number of para-hydroxylation sites is 1. The summed E-state index contributed by atoms with van der Waals surface area (Å²) in [6.07, 6.45) is 51.6. The molecule has 3 aromatic carbocycles. The Labute approximate surface area is 465 Å². The molecule has 3 aromatic rings. The monoisotopic (exact) mass is 1050 g/mol. The highest BCUT2D eigenvalue weighted by Crippen LogP contribution is 2.48. The minimum Gasteiger partial charge on any atom is -1.00 e. The Morgan fingerprint density at radius 1 is 0.554 bits per heavy atom. The van der Waals surface area contributed by atoms with Gasteiger partial charge in [-0.05, 0) is 67.7 Å². The minimum absolute atomic E-state index is 0. The van der Waals surface area contributed by atoms with E-state index in [0.717, 1.165) is 24.2 Å². The molecule has 0 aliphatic carbocycles. The molecule has 1 N–H and O–H groups in total. The summed E-state index contributed by atoms with van der Waals surface area (Å²) in [4.78, 5) is 15.8. The Hall–Kier alpha value is -3.34. The Balaban J connectivity index is 0.0000119. The first kappa shape index (κ1) is 63.2. The molecule has 4 nitrogen and oxygen atoms in total. The average Bonchev–Trinajstić information content (AvgIpc) is 3.74. The molecule has 2 heterocycles. The van der Waals surface area contributed by atoms with E-state index < -0.39 is 0 Å². The van der Waals surface area contributed by atoms with Crippen molar-refractivity contribution in [1.29, 1.82) is 0 Å². The molecule has 2 aliphatic rings. The second kappa shape index (κ2) is 35.9. The van der Waals surface area contributed by atoms with Gasteiger partial charge in [0.15, 0.2) is 5.71 Å². The van der Waals surface area contributed by atoms with E-state index in [2.05, 4.69) is 117 Å². The number of alkyl halides is 1. The number of halogens is 2. The Morgan fingerprint density at radius 3 is 1.51 bits per heavy atom. The van der Waals surface area contributed by atoms with E-state index in [0.29, 0.717) is 18.0 Å². The summed E-state index contributed by atoms with van der Waals surface area (Å²) >= 11 is 6.02. The predicted molar refractivity (Wildman–Crippen MR) is 320 cm³/mol. The lowest BCUT2D eigenvalue weighted by Gasteiger charge is -2.27. The smallest absolute Gasteiger partial charge is 0.251 e. The van der Waals surface area contributed by atoms with Crippen molar-refractivity contribution in [3.8, 4) is 0 Å². The van der Waals surface area contributed by atoms with Gasteiger partial charge in [-0.15, -0.1) is 11.6 Å². The number of benzene rings is 3. The third-order valence-electron chi connectivity index (χ3n) is 16.6. The topological polar surface area (TPSA) is 35.4 Å². The second-order valence-corrected chi connectivity index (χ2v) is 23.6. The van der Waals surface area contributed by atoms with Gasteiger partial charge in [0, 0.05) is 65.5 Å². The fourth-order valence-electron chi connectivity index (χ4n) is 11.9. The summed E-state index contributed by atoms with van der Waals surface area (Å²) in [5.74, 6) is 0.384. The number of hydrogen-bond acceptors (Lipinski definition) is 2. The SMILES string of the molecule is CCCCCCCCCCCCCCCCCCN1/C(=C/C=C/C2=[N+](CCCCCCCCCCCCCCCCCC)c3ccccc3C2(C)C)C(C)(C)c2cc(CNC(=O)c3ccc(CCl)cc3)ccc21.[Cl-]. The van der Waals surface area contributed by atoms with Crippen molar-refractivity contribution in [3.63, 3.8) is 0 Å². The molecule has 0 unspecified atom stereocenters. The standard InChI is InChI=1S/C68H104ClN3O.ClH/c1-7-9-11-13-15-17-19-21-23-25-27-29-31-33-35-39-52-71-62-43-38-37-42-60(62)67(3,4)64(71)44-41-45-65-68(5,6)61-54-58(56-70-66(73)59-49-46-57(55-69)47-50-59)48-51-63(61)72(65)53-40-36-34-32-30-28-26-24-22-20-18-16-14-12-10-8-2;/h37-38,41-51,54H,7-36,39-40,52-53,55-56H2,1-6H3;1H. The summed E-state index contributed by atoms with van der Waals surface area (Å²) < 4.78 is 2.64. The van der Waals surface area contributed by atoms with Crippen LogP contribution < -0.4 is 22.6 Å². The van der Waals surface area contributed by atoms with Crippen LogP contribution in [0.1, 0.15) is 280 Å². The highest BCUT2D eigenvalue weighted by molar-refractivity contribution is 6.17. The van der Waals surface area contributed by atoms with Gasteiger partial charge in [0.1, 0.15) is 6.54 Å². The molecule has 0 radical (unpaired) electrons. The number of rotatable bonds is 40. The normalized spacial score (nSPS) is 15.1. The van der Waals surface area contributed by atoms with Gasteiger partial charge in [0.05, 0.1) is 5.41 Å². The molecular weight excluding hydrogens is 946 g/mol. The number of anilines is 1. The third kappa shape index (κ3) is 20.6. The number of amides is 1. The Bertz CT molecular complexity index is 2110. The number of allylic oxidation sites excluding steroid dienone is 4. The van der Waals surface area contributed by atoms with Crippen molar-refractivity contribution in [2.45, 2.75) is 270 Å². The molecule has 1 amide bonds. The molecule has 0 atom stereocenters. The zero-order valence-electron chi connectivity index (χ0n) is 48.1. The van der Waals surface area contributed by atoms with Gasteiger partial charge in [-0.3, -0.25) is 4.79 Å². The van der Waals surface area contributed by atoms with E-state index in [9.17, 15) is 4.79 Å². The number of fused-ring (bicyclic) bond motifs is 2. The molecule has 0 bridgehead atoms. The lowest BCUT2D eigenvalue weighted by Crippen LogP contribution is -3.00. The molecule has 74 heavy (non-hydrogen) atoms. The molecular formula is C68H105Cl2N3O. The van der Waals surface area contributed by atoms with Crippen LogP contribution in [0.3, 0.4) is 0 Å². The number of nitrogens with zero attached hydrogens (tertiary/aromatic N) is 2. The van der Waals surface area contributed by atoms with Gasteiger partial charge < -0.3 is 22.6 Å². The summed E-state index contributed by atoms with van der Waals surface area (Å²) in [5, 5.41) is 3.19. The van der Waals surface area contributed by atoms with Crippen LogP contribution >= 0.6 is 11.6 Å². The molecule has 0 aromatic heterocycles. The fraction of sp³-hybridized carbons (Fsp3) is 0.647. The Kier molecular flexibility index (Phi) is 30.6. The van der Waals surface area contributed by atoms with Crippen LogP contribution in [0.4, 0.5) is 11.4 Å².